The number of carbonyl (C=O) groups excluding carboxylic acids is 1. The molecule has 106 valence electrons. The lowest BCUT2D eigenvalue weighted by Crippen LogP contribution is -2.31. The van der Waals surface area contributed by atoms with Gasteiger partial charge >= 0.3 is 0 Å². The van der Waals surface area contributed by atoms with Gasteiger partial charge in [-0.3, -0.25) is 4.79 Å². The largest absolute Gasteiger partial charge is 0.378 e. The van der Waals surface area contributed by atoms with Gasteiger partial charge < -0.3 is 15.8 Å². The minimum atomic E-state index is 0.147. The summed E-state index contributed by atoms with van der Waals surface area (Å²) in [5, 5.41) is 2.92. The summed E-state index contributed by atoms with van der Waals surface area (Å²) in [7, 11) is 0. The monoisotopic (exact) mass is 256 g/mol. The molecule has 1 aliphatic rings. The smallest absolute Gasteiger partial charge is 0.220 e. The SMILES string of the molecule is CC(C)CC(=O)NCCCOC1CCC(N)CC1. The number of amides is 1. The maximum atomic E-state index is 11.4. The Morgan fingerprint density at radius 2 is 2.00 bits per heavy atom. The highest BCUT2D eigenvalue weighted by molar-refractivity contribution is 5.75. The molecular weight excluding hydrogens is 228 g/mol. The predicted octanol–water partition coefficient (Wildman–Crippen LogP) is 1.83. The summed E-state index contributed by atoms with van der Waals surface area (Å²) >= 11 is 0. The third-order valence-corrected chi connectivity index (χ3v) is 3.31. The van der Waals surface area contributed by atoms with E-state index in [0.717, 1.165) is 45.3 Å². The third kappa shape index (κ3) is 6.97. The first-order valence-electron chi connectivity index (χ1n) is 7.21. The lowest BCUT2D eigenvalue weighted by atomic mass is 9.94. The molecular formula is C14H28N2O2. The van der Waals surface area contributed by atoms with Gasteiger partial charge in [-0.05, 0) is 38.0 Å². The van der Waals surface area contributed by atoms with E-state index in [1.54, 1.807) is 0 Å². The van der Waals surface area contributed by atoms with Gasteiger partial charge in [0.1, 0.15) is 0 Å². The second-order valence-corrected chi connectivity index (χ2v) is 5.71. The number of hydrogen-bond donors (Lipinski definition) is 2. The number of ether oxygens (including phenoxy) is 1. The van der Waals surface area contributed by atoms with Crippen LogP contribution in [0.4, 0.5) is 0 Å². The Morgan fingerprint density at radius 3 is 2.61 bits per heavy atom. The fraction of sp³-hybridized carbons (Fsp3) is 0.929. The Hall–Kier alpha value is -0.610. The molecule has 1 aliphatic carbocycles. The second-order valence-electron chi connectivity index (χ2n) is 5.71. The van der Waals surface area contributed by atoms with Crippen LogP contribution in [-0.2, 0) is 9.53 Å². The van der Waals surface area contributed by atoms with E-state index in [1.807, 2.05) is 0 Å². The summed E-state index contributed by atoms with van der Waals surface area (Å²) in [5.74, 6) is 0.571. The Labute approximate surface area is 111 Å². The van der Waals surface area contributed by atoms with Crippen LogP contribution in [0.1, 0.15) is 52.4 Å². The molecule has 1 amide bonds. The van der Waals surface area contributed by atoms with Gasteiger partial charge in [0.2, 0.25) is 5.91 Å². The molecule has 0 aromatic rings. The number of nitrogens with one attached hydrogen (secondary N) is 1. The van der Waals surface area contributed by atoms with Crippen LogP contribution in [0.3, 0.4) is 0 Å². The van der Waals surface area contributed by atoms with Crippen molar-refractivity contribution in [3.05, 3.63) is 0 Å². The molecule has 18 heavy (non-hydrogen) atoms. The van der Waals surface area contributed by atoms with E-state index >= 15 is 0 Å². The van der Waals surface area contributed by atoms with Gasteiger partial charge in [-0.2, -0.15) is 0 Å². The zero-order chi connectivity index (χ0) is 13.4. The van der Waals surface area contributed by atoms with Crippen molar-refractivity contribution in [1.82, 2.24) is 5.32 Å². The summed E-state index contributed by atoms with van der Waals surface area (Å²) in [6.45, 7) is 5.56. The van der Waals surface area contributed by atoms with Crippen molar-refractivity contribution in [2.75, 3.05) is 13.2 Å². The average molecular weight is 256 g/mol. The van der Waals surface area contributed by atoms with E-state index in [2.05, 4.69) is 19.2 Å². The lowest BCUT2D eigenvalue weighted by Gasteiger charge is -2.26. The predicted molar refractivity (Wildman–Crippen MR) is 73.3 cm³/mol. The Kier molecular flexibility index (Phi) is 7.28. The molecule has 4 nitrogen and oxygen atoms in total. The summed E-state index contributed by atoms with van der Waals surface area (Å²) in [6, 6.07) is 0.375. The van der Waals surface area contributed by atoms with Crippen molar-refractivity contribution in [3.8, 4) is 0 Å². The van der Waals surface area contributed by atoms with Gasteiger partial charge in [0, 0.05) is 25.6 Å². The van der Waals surface area contributed by atoms with Crippen molar-refractivity contribution in [2.45, 2.75) is 64.5 Å². The van der Waals surface area contributed by atoms with Crippen molar-refractivity contribution in [1.29, 1.82) is 0 Å². The van der Waals surface area contributed by atoms with Crippen LogP contribution in [-0.4, -0.2) is 31.2 Å². The van der Waals surface area contributed by atoms with Gasteiger partial charge in [-0.25, -0.2) is 0 Å². The first-order chi connectivity index (χ1) is 8.58. The minimum absolute atomic E-state index is 0.147. The topological polar surface area (TPSA) is 64.3 Å². The molecule has 0 aromatic heterocycles. The first kappa shape index (κ1) is 15.4. The van der Waals surface area contributed by atoms with E-state index < -0.39 is 0 Å². The molecule has 0 saturated heterocycles. The maximum Gasteiger partial charge on any atom is 0.220 e. The van der Waals surface area contributed by atoms with E-state index in [0.29, 0.717) is 24.5 Å². The Balaban J connectivity index is 1.94. The minimum Gasteiger partial charge on any atom is -0.378 e. The molecule has 3 N–H and O–H groups in total. The molecule has 0 aromatic carbocycles. The third-order valence-electron chi connectivity index (χ3n) is 3.31. The molecule has 4 heteroatoms. The van der Waals surface area contributed by atoms with Gasteiger partial charge in [0.25, 0.3) is 0 Å². The van der Waals surface area contributed by atoms with Crippen LogP contribution >= 0.6 is 0 Å². The van der Waals surface area contributed by atoms with Crippen molar-refractivity contribution in [3.63, 3.8) is 0 Å². The summed E-state index contributed by atoms with van der Waals surface area (Å²) in [6.07, 6.45) is 6.22. The highest BCUT2D eigenvalue weighted by Crippen LogP contribution is 2.19. The molecule has 1 rings (SSSR count). The molecule has 0 heterocycles. The zero-order valence-corrected chi connectivity index (χ0v) is 11.8. The number of nitrogens with two attached hydrogens (primary N) is 1. The van der Waals surface area contributed by atoms with Gasteiger partial charge in [0.05, 0.1) is 6.10 Å². The molecule has 1 fully saturated rings. The standard InChI is InChI=1S/C14H28N2O2/c1-11(2)10-14(17)16-8-3-9-18-13-6-4-12(15)5-7-13/h11-13H,3-10,15H2,1-2H3,(H,16,17). The molecule has 0 aliphatic heterocycles. The zero-order valence-electron chi connectivity index (χ0n) is 11.8. The van der Waals surface area contributed by atoms with Crippen molar-refractivity contribution in [2.24, 2.45) is 11.7 Å². The van der Waals surface area contributed by atoms with Gasteiger partial charge in [-0.15, -0.1) is 0 Å². The highest BCUT2D eigenvalue weighted by Gasteiger charge is 2.18. The highest BCUT2D eigenvalue weighted by atomic mass is 16.5. The quantitative estimate of drug-likeness (QED) is 0.683. The van der Waals surface area contributed by atoms with Crippen LogP contribution in [0.25, 0.3) is 0 Å². The van der Waals surface area contributed by atoms with Crippen LogP contribution in [0.2, 0.25) is 0 Å². The maximum absolute atomic E-state index is 11.4. The van der Waals surface area contributed by atoms with Gasteiger partial charge in [-0.1, -0.05) is 13.8 Å². The fourth-order valence-electron chi connectivity index (χ4n) is 2.25. The number of carbonyl (C=O) groups is 1. The van der Waals surface area contributed by atoms with E-state index in [9.17, 15) is 4.79 Å². The van der Waals surface area contributed by atoms with Crippen LogP contribution in [0, 0.1) is 5.92 Å². The van der Waals surface area contributed by atoms with Crippen molar-refractivity contribution < 1.29 is 9.53 Å². The molecule has 0 atom stereocenters. The Bertz CT molecular complexity index is 236. The van der Waals surface area contributed by atoms with Crippen LogP contribution < -0.4 is 11.1 Å². The molecule has 0 unspecified atom stereocenters. The fourth-order valence-corrected chi connectivity index (χ4v) is 2.25. The van der Waals surface area contributed by atoms with Crippen LogP contribution in [0.5, 0.6) is 0 Å². The van der Waals surface area contributed by atoms with Crippen LogP contribution in [0.15, 0.2) is 0 Å². The van der Waals surface area contributed by atoms with E-state index in [4.69, 9.17) is 10.5 Å². The number of hydrogen-bond acceptors (Lipinski definition) is 3. The summed E-state index contributed by atoms with van der Waals surface area (Å²) < 4.78 is 5.79. The Morgan fingerprint density at radius 1 is 1.33 bits per heavy atom. The van der Waals surface area contributed by atoms with E-state index in [1.165, 1.54) is 0 Å². The second kappa shape index (κ2) is 8.48. The van der Waals surface area contributed by atoms with Gasteiger partial charge in [0.15, 0.2) is 0 Å². The average Bonchev–Trinajstić information content (AvgIpc) is 2.30. The molecule has 0 bridgehead atoms. The summed E-state index contributed by atoms with van der Waals surface area (Å²) in [4.78, 5) is 11.4. The normalized spacial score (nSPS) is 24.2. The number of rotatable bonds is 7. The summed E-state index contributed by atoms with van der Waals surface area (Å²) in [5.41, 5.74) is 5.84. The molecule has 0 radical (unpaired) electrons. The van der Waals surface area contributed by atoms with Crippen molar-refractivity contribution >= 4 is 5.91 Å². The molecule has 1 saturated carbocycles. The van der Waals surface area contributed by atoms with E-state index in [-0.39, 0.29) is 5.91 Å². The molecule has 0 spiro atoms. The lowest BCUT2D eigenvalue weighted by molar-refractivity contribution is -0.121. The first-order valence-corrected chi connectivity index (χ1v) is 7.21.